The maximum atomic E-state index is 12.2. The number of ketones is 1. The molecule has 4 aliphatic rings. The van der Waals surface area contributed by atoms with Gasteiger partial charge in [-0.15, -0.1) is 5.92 Å². The summed E-state index contributed by atoms with van der Waals surface area (Å²) in [7, 11) is 0. The van der Waals surface area contributed by atoms with Crippen molar-refractivity contribution in [2.75, 3.05) is 0 Å². The van der Waals surface area contributed by atoms with Gasteiger partial charge in [-0.3, -0.25) is 9.59 Å². The van der Waals surface area contributed by atoms with Gasteiger partial charge in [-0.25, -0.2) is 0 Å². The van der Waals surface area contributed by atoms with Crippen LogP contribution in [0.3, 0.4) is 0 Å². The summed E-state index contributed by atoms with van der Waals surface area (Å²) < 4.78 is 0. The highest BCUT2D eigenvalue weighted by Crippen LogP contribution is 2.66. The highest BCUT2D eigenvalue weighted by molar-refractivity contribution is 5.93. The zero-order chi connectivity index (χ0) is 23.2. The first kappa shape index (κ1) is 22.1. The Morgan fingerprint density at radius 2 is 1.91 bits per heavy atom. The average molecular weight is 441 g/mol. The Morgan fingerprint density at radius 1 is 1.12 bits per heavy atom. The van der Waals surface area contributed by atoms with E-state index in [4.69, 9.17) is 0 Å². The van der Waals surface area contributed by atoms with Crippen molar-refractivity contribution in [3.8, 4) is 11.8 Å². The van der Waals surface area contributed by atoms with E-state index in [2.05, 4.69) is 43.0 Å². The highest BCUT2D eigenvalue weighted by Gasteiger charge is 2.62. The van der Waals surface area contributed by atoms with Crippen LogP contribution in [0.1, 0.15) is 75.8 Å². The lowest BCUT2D eigenvalue weighted by molar-refractivity contribution is -0.114. The van der Waals surface area contributed by atoms with Gasteiger partial charge in [0.15, 0.2) is 5.78 Å². The fourth-order valence-corrected chi connectivity index (χ4v) is 7.37. The fraction of sp³-hybridized carbons (Fsp3) is 0.467. The van der Waals surface area contributed by atoms with Gasteiger partial charge in [-0.05, 0) is 91.7 Å². The van der Waals surface area contributed by atoms with Crippen LogP contribution < -0.4 is 0 Å². The Morgan fingerprint density at radius 3 is 2.64 bits per heavy atom. The van der Waals surface area contributed by atoms with E-state index < -0.39 is 5.60 Å². The molecule has 0 unspecified atom stereocenters. The minimum Gasteiger partial charge on any atom is -0.377 e. The third-order valence-corrected chi connectivity index (χ3v) is 8.92. The van der Waals surface area contributed by atoms with E-state index in [1.54, 1.807) is 0 Å². The molecule has 2 saturated carbocycles. The van der Waals surface area contributed by atoms with Crippen LogP contribution in [0.4, 0.5) is 0 Å². The molecule has 3 heteroatoms. The second-order valence-corrected chi connectivity index (χ2v) is 10.4. The van der Waals surface area contributed by atoms with Crippen LogP contribution in [0.2, 0.25) is 0 Å². The largest absolute Gasteiger partial charge is 0.377 e. The third-order valence-electron chi connectivity index (χ3n) is 8.92. The topological polar surface area (TPSA) is 54.4 Å². The van der Waals surface area contributed by atoms with Gasteiger partial charge in [0, 0.05) is 17.8 Å². The van der Waals surface area contributed by atoms with E-state index in [1.165, 1.54) is 28.4 Å². The number of carbonyl (C=O) groups excluding carboxylic acids is 2. The summed E-state index contributed by atoms with van der Waals surface area (Å²) in [5.74, 6) is 7.53. The molecule has 0 radical (unpaired) electrons. The monoisotopic (exact) mass is 440 g/mol. The summed E-state index contributed by atoms with van der Waals surface area (Å²) in [6, 6.07) is 8.49. The van der Waals surface area contributed by atoms with Gasteiger partial charge < -0.3 is 5.11 Å². The molecule has 2 fully saturated rings. The minimum absolute atomic E-state index is 0.204. The molecule has 5 atom stereocenters. The predicted molar refractivity (Wildman–Crippen MR) is 130 cm³/mol. The van der Waals surface area contributed by atoms with Crippen LogP contribution in [-0.2, 0) is 9.59 Å². The molecule has 5 rings (SSSR count). The summed E-state index contributed by atoms with van der Waals surface area (Å²) in [5.41, 5.74) is 5.22. The number of hydrogen-bond acceptors (Lipinski definition) is 3. The molecule has 0 saturated heterocycles. The van der Waals surface area contributed by atoms with Crippen molar-refractivity contribution in [2.24, 2.45) is 17.3 Å². The average Bonchev–Trinajstić information content (AvgIpc) is 3.07. The first-order valence-electron chi connectivity index (χ1n) is 12.2. The third kappa shape index (κ3) is 3.47. The Bertz CT molecular complexity index is 1140. The fourth-order valence-electron chi connectivity index (χ4n) is 7.37. The Balaban J connectivity index is 1.65. The lowest BCUT2D eigenvalue weighted by Crippen LogP contribution is -2.51. The van der Waals surface area contributed by atoms with Crippen LogP contribution in [0.15, 0.2) is 53.1 Å². The van der Waals surface area contributed by atoms with Gasteiger partial charge >= 0.3 is 0 Å². The maximum Gasteiger partial charge on any atom is 0.156 e. The molecule has 0 spiro atoms. The van der Waals surface area contributed by atoms with Crippen molar-refractivity contribution in [1.82, 2.24) is 0 Å². The summed E-state index contributed by atoms with van der Waals surface area (Å²) >= 11 is 0. The Kier molecular flexibility index (Phi) is 5.53. The van der Waals surface area contributed by atoms with Crippen LogP contribution in [0.25, 0.3) is 6.08 Å². The number of allylic oxidation sites excluding steroid dienone is 5. The van der Waals surface area contributed by atoms with Crippen molar-refractivity contribution < 1.29 is 14.7 Å². The van der Waals surface area contributed by atoms with Crippen LogP contribution >= 0.6 is 0 Å². The number of benzene rings is 1. The molecule has 170 valence electrons. The van der Waals surface area contributed by atoms with E-state index in [-0.39, 0.29) is 17.1 Å². The van der Waals surface area contributed by atoms with E-state index in [0.717, 1.165) is 50.4 Å². The first-order chi connectivity index (χ1) is 15.9. The van der Waals surface area contributed by atoms with Crippen molar-refractivity contribution in [3.05, 3.63) is 64.3 Å². The summed E-state index contributed by atoms with van der Waals surface area (Å²) in [4.78, 5) is 22.9. The standard InChI is InChI=1S/C30H32O3/c1-3-15-30(33)16-14-27-25-12-10-22-18-23(32)11-13-24(22)28(25)26(19-29(27,30)2)21-8-6-20(7-9-21)5-4-17-31/h4-9,17-18,25-27,33H,10-14,16,19H2,1-2H3/b5-4+/t25-,26+,27-,29-,30+/m0/s1. The first-order valence-corrected chi connectivity index (χ1v) is 12.2. The predicted octanol–water partition coefficient (Wildman–Crippen LogP) is 5.55. The SMILES string of the molecule is CC#C[C@@]1(O)CC[C@H]2[C@@H]3CCC4=CC(=O)CCC4=C3[C@@H](c3ccc(/C=C/C=O)cc3)C[C@@]21C. The zero-order valence-corrected chi connectivity index (χ0v) is 19.6. The van der Waals surface area contributed by atoms with Crippen molar-refractivity contribution in [3.63, 3.8) is 0 Å². The lowest BCUT2D eigenvalue weighted by Gasteiger charge is -2.53. The molecular formula is C30H32O3. The van der Waals surface area contributed by atoms with Gasteiger partial charge in [0.2, 0.25) is 0 Å². The highest BCUT2D eigenvalue weighted by atomic mass is 16.3. The molecular weight excluding hydrogens is 408 g/mol. The number of aliphatic hydroxyl groups is 1. The molecule has 0 heterocycles. The van der Waals surface area contributed by atoms with Crippen LogP contribution in [0.5, 0.6) is 0 Å². The number of fused-ring (bicyclic) bond motifs is 4. The van der Waals surface area contributed by atoms with Gasteiger partial charge in [0.25, 0.3) is 0 Å². The van der Waals surface area contributed by atoms with Crippen molar-refractivity contribution in [1.29, 1.82) is 0 Å². The van der Waals surface area contributed by atoms with Crippen LogP contribution in [-0.4, -0.2) is 22.8 Å². The molecule has 4 aliphatic carbocycles. The number of carbonyl (C=O) groups is 2. The quantitative estimate of drug-likeness (QED) is 0.381. The number of hydrogen-bond donors (Lipinski definition) is 1. The van der Waals surface area contributed by atoms with Gasteiger partial charge in [0.1, 0.15) is 11.9 Å². The molecule has 0 bridgehead atoms. The van der Waals surface area contributed by atoms with Gasteiger partial charge in [-0.1, -0.05) is 48.8 Å². The number of rotatable bonds is 3. The van der Waals surface area contributed by atoms with Crippen molar-refractivity contribution >= 4 is 18.1 Å². The molecule has 0 aromatic heterocycles. The summed E-state index contributed by atoms with van der Waals surface area (Å²) in [6.45, 7) is 4.09. The minimum atomic E-state index is -0.952. The van der Waals surface area contributed by atoms with E-state index >= 15 is 0 Å². The second-order valence-electron chi connectivity index (χ2n) is 10.4. The molecule has 0 aliphatic heterocycles. The summed E-state index contributed by atoms with van der Waals surface area (Å²) in [5, 5.41) is 11.7. The number of aldehydes is 1. The molecule has 1 aromatic carbocycles. The normalized spacial score (nSPS) is 35.3. The van der Waals surface area contributed by atoms with Gasteiger partial charge in [-0.2, -0.15) is 0 Å². The van der Waals surface area contributed by atoms with Gasteiger partial charge in [0.05, 0.1) is 0 Å². The second kappa shape index (κ2) is 8.26. The van der Waals surface area contributed by atoms with E-state index in [9.17, 15) is 14.7 Å². The van der Waals surface area contributed by atoms with Crippen LogP contribution in [0, 0.1) is 29.1 Å². The van der Waals surface area contributed by atoms with E-state index in [1.807, 2.05) is 19.1 Å². The Labute approximate surface area is 196 Å². The molecule has 1 aromatic rings. The summed E-state index contributed by atoms with van der Waals surface area (Å²) in [6.07, 6.45) is 12.1. The molecule has 3 nitrogen and oxygen atoms in total. The maximum absolute atomic E-state index is 12.2. The molecule has 1 N–H and O–H groups in total. The molecule has 33 heavy (non-hydrogen) atoms. The van der Waals surface area contributed by atoms with E-state index in [0.29, 0.717) is 18.3 Å². The zero-order valence-electron chi connectivity index (χ0n) is 19.6. The Hall–Kier alpha value is -2.70. The van der Waals surface area contributed by atoms with Crippen molar-refractivity contribution in [2.45, 2.75) is 70.3 Å². The molecule has 0 amide bonds. The lowest BCUT2D eigenvalue weighted by atomic mass is 9.51. The smallest absolute Gasteiger partial charge is 0.156 e.